The van der Waals surface area contributed by atoms with Gasteiger partial charge in [-0.1, -0.05) is 70.8 Å². The molecule has 0 saturated heterocycles. The maximum atomic E-state index is 4.61. The van der Waals surface area contributed by atoms with E-state index < -0.39 is 0 Å². The first kappa shape index (κ1) is 31.9. The standard InChI is InChI=1S/C50H38N4/c1-31-5-17-47-41(25-31)42-26-32(2)6-18-48(42)53(47)37-13-9-35(10-14-37)39-21-23-51-29-45(39)46-30-52-24-22-40(46)36-11-15-38(16-12-36)54-49-19-7-33(3)27-43(49)44-28-34(4)8-20-50(44)54/h5-30H,1-4H3. The Labute approximate surface area is 314 Å². The molecule has 54 heavy (non-hydrogen) atoms. The van der Waals surface area contributed by atoms with Crippen molar-refractivity contribution in [3.05, 3.63) is 181 Å². The second kappa shape index (κ2) is 12.4. The van der Waals surface area contributed by atoms with E-state index in [0.717, 1.165) is 44.8 Å². The van der Waals surface area contributed by atoms with Crippen molar-refractivity contribution in [3.8, 4) is 44.8 Å². The predicted octanol–water partition coefficient (Wildman–Crippen LogP) is 12.9. The van der Waals surface area contributed by atoms with Gasteiger partial charge < -0.3 is 9.13 Å². The van der Waals surface area contributed by atoms with Crippen LogP contribution in [0.25, 0.3) is 88.4 Å². The molecule has 0 radical (unpaired) electrons. The summed E-state index contributed by atoms with van der Waals surface area (Å²) in [6, 6.07) is 49.1. The smallest absolute Gasteiger partial charge is 0.0541 e. The molecular weight excluding hydrogens is 657 g/mol. The zero-order valence-electron chi connectivity index (χ0n) is 30.8. The zero-order valence-corrected chi connectivity index (χ0v) is 30.8. The molecular formula is C50H38N4. The van der Waals surface area contributed by atoms with Crippen molar-refractivity contribution >= 4 is 43.6 Å². The van der Waals surface area contributed by atoms with Crippen LogP contribution in [-0.2, 0) is 0 Å². The van der Waals surface area contributed by atoms with E-state index in [-0.39, 0.29) is 0 Å². The molecule has 4 nitrogen and oxygen atoms in total. The molecule has 10 aromatic rings. The molecule has 0 aliphatic carbocycles. The SMILES string of the molecule is Cc1ccc2c(c1)c1cc(C)ccc1n2-c1ccc(-c2ccncc2-c2cnccc2-c2ccc(-n3c4ccc(C)cc4c4cc(C)ccc43)cc2)cc1. The van der Waals surface area contributed by atoms with Crippen LogP contribution in [0.3, 0.4) is 0 Å². The number of hydrogen-bond donors (Lipinski definition) is 0. The molecule has 6 aromatic carbocycles. The van der Waals surface area contributed by atoms with E-state index >= 15 is 0 Å². The summed E-state index contributed by atoms with van der Waals surface area (Å²) in [5.41, 5.74) is 18.8. The summed E-state index contributed by atoms with van der Waals surface area (Å²) in [5, 5.41) is 5.14. The van der Waals surface area contributed by atoms with Gasteiger partial charge in [0.15, 0.2) is 0 Å². The lowest BCUT2D eigenvalue weighted by Crippen LogP contribution is -1.95. The summed E-state index contributed by atoms with van der Waals surface area (Å²) in [6.45, 7) is 8.65. The van der Waals surface area contributed by atoms with Gasteiger partial charge >= 0.3 is 0 Å². The van der Waals surface area contributed by atoms with Gasteiger partial charge in [-0.15, -0.1) is 0 Å². The van der Waals surface area contributed by atoms with Crippen molar-refractivity contribution in [3.63, 3.8) is 0 Å². The molecule has 4 aromatic heterocycles. The number of hydrogen-bond acceptors (Lipinski definition) is 2. The molecule has 0 amide bonds. The first-order chi connectivity index (χ1) is 26.4. The van der Waals surface area contributed by atoms with E-state index in [4.69, 9.17) is 0 Å². The van der Waals surface area contributed by atoms with Gasteiger partial charge in [-0.3, -0.25) is 9.97 Å². The number of aryl methyl sites for hydroxylation is 4. The van der Waals surface area contributed by atoms with Crippen LogP contribution in [0.2, 0.25) is 0 Å². The fraction of sp³-hybridized carbons (Fsp3) is 0.0800. The topological polar surface area (TPSA) is 35.6 Å². The number of rotatable bonds is 5. The maximum absolute atomic E-state index is 4.61. The lowest BCUT2D eigenvalue weighted by Gasteiger charge is -2.15. The molecule has 0 bridgehead atoms. The van der Waals surface area contributed by atoms with Gasteiger partial charge in [-0.2, -0.15) is 0 Å². The van der Waals surface area contributed by atoms with Crippen molar-refractivity contribution in [2.75, 3.05) is 0 Å². The van der Waals surface area contributed by atoms with Crippen molar-refractivity contribution in [2.45, 2.75) is 27.7 Å². The van der Waals surface area contributed by atoms with Gasteiger partial charge in [0.2, 0.25) is 0 Å². The normalized spacial score (nSPS) is 11.7. The van der Waals surface area contributed by atoms with Crippen molar-refractivity contribution < 1.29 is 0 Å². The van der Waals surface area contributed by atoms with Crippen LogP contribution in [-0.4, -0.2) is 19.1 Å². The average molecular weight is 695 g/mol. The minimum atomic E-state index is 1.05. The molecule has 0 N–H and O–H groups in total. The highest BCUT2D eigenvalue weighted by Crippen LogP contribution is 2.40. The maximum Gasteiger partial charge on any atom is 0.0541 e. The van der Waals surface area contributed by atoms with Crippen LogP contribution < -0.4 is 0 Å². The summed E-state index contributed by atoms with van der Waals surface area (Å²) in [4.78, 5) is 9.21. The predicted molar refractivity (Wildman–Crippen MR) is 226 cm³/mol. The first-order valence-electron chi connectivity index (χ1n) is 18.5. The van der Waals surface area contributed by atoms with Crippen LogP contribution in [0.1, 0.15) is 22.3 Å². The summed E-state index contributed by atoms with van der Waals surface area (Å²) >= 11 is 0. The van der Waals surface area contributed by atoms with Crippen molar-refractivity contribution in [2.24, 2.45) is 0 Å². The summed E-state index contributed by atoms with van der Waals surface area (Å²) in [6.07, 6.45) is 7.70. The molecule has 0 atom stereocenters. The van der Waals surface area contributed by atoms with Crippen LogP contribution >= 0.6 is 0 Å². The van der Waals surface area contributed by atoms with E-state index in [1.165, 1.54) is 65.9 Å². The number of benzene rings is 6. The first-order valence-corrected chi connectivity index (χ1v) is 18.5. The Balaban J connectivity index is 1.04. The molecule has 0 fully saturated rings. The fourth-order valence-electron chi connectivity index (χ4n) is 8.36. The summed E-state index contributed by atoms with van der Waals surface area (Å²) < 4.78 is 4.76. The van der Waals surface area contributed by atoms with Gasteiger partial charge in [0.05, 0.1) is 22.1 Å². The highest BCUT2D eigenvalue weighted by atomic mass is 15.0. The van der Waals surface area contributed by atoms with Crippen LogP contribution in [0, 0.1) is 27.7 Å². The molecule has 0 unspecified atom stereocenters. The number of fused-ring (bicyclic) bond motifs is 6. The Morgan fingerprint density at radius 1 is 0.333 bits per heavy atom. The van der Waals surface area contributed by atoms with Crippen LogP contribution in [0.15, 0.2) is 158 Å². The third-order valence-electron chi connectivity index (χ3n) is 11.0. The molecule has 0 spiro atoms. The van der Waals surface area contributed by atoms with Gasteiger partial charge in [0.25, 0.3) is 0 Å². The minimum absolute atomic E-state index is 1.05. The molecule has 0 saturated carbocycles. The van der Waals surface area contributed by atoms with E-state index in [2.05, 4.69) is 180 Å². The summed E-state index contributed by atoms with van der Waals surface area (Å²) in [5.74, 6) is 0. The Hall–Kier alpha value is -6.78. The number of nitrogens with zero attached hydrogens (tertiary/aromatic N) is 4. The molecule has 0 aliphatic rings. The highest BCUT2D eigenvalue weighted by molar-refractivity contribution is 6.11. The lowest BCUT2D eigenvalue weighted by molar-refractivity contribution is 1.18. The highest BCUT2D eigenvalue weighted by Gasteiger charge is 2.17. The largest absolute Gasteiger partial charge is 0.309 e. The van der Waals surface area contributed by atoms with Crippen LogP contribution in [0.4, 0.5) is 0 Å². The third-order valence-corrected chi connectivity index (χ3v) is 11.0. The number of pyridine rings is 2. The van der Waals surface area contributed by atoms with E-state index in [9.17, 15) is 0 Å². The van der Waals surface area contributed by atoms with E-state index in [1.54, 1.807) is 0 Å². The monoisotopic (exact) mass is 694 g/mol. The second-order valence-corrected chi connectivity index (χ2v) is 14.7. The molecule has 258 valence electrons. The van der Waals surface area contributed by atoms with Crippen LogP contribution in [0.5, 0.6) is 0 Å². The Bertz CT molecular complexity index is 2740. The van der Waals surface area contributed by atoms with Crippen molar-refractivity contribution in [1.29, 1.82) is 0 Å². The summed E-state index contributed by atoms with van der Waals surface area (Å²) in [7, 11) is 0. The molecule has 4 heteroatoms. The molecule has 4 heterocycles. The molecule has 10 rings (SSSR count). The van der Waals surface area contributed by atoms with Gasteiger partial charge in [-0.05, 0) is 135 Å². The minimum Gasteiger partial charge on any atom is -0.309 e. The Morgan fingerprint density at radius 2 is 0.648 bits per heavy atom. The Kier molecular flexibility index (Phi) is 7.34. The number of aromatic nitrogens is 4. The van der Waals surface area contributed by atoms with Gasteiger partial charge in [0.1, 0.15) is 0 Å². The van der Waals surface area contributed by atoms with Crippen molar-refractivity contribution in [1.82, 2.24) is 19.1 Å². The van der Waals surface area contributed by atoms with Gasteiger partial charge in [-0.25, -0.2) is 0 Å². The second-order valence-electron chi connectivity index (χ2n) is 14.7. The lowest BCUT2D eigenvalue weighted by atomic mass is 9.92. The zero-order chi connectivity index (χ0) is 36.5. The fourth-order valence-corrected chi connectivity index (χ4v) is 8.36. The van der Waals surface area contributed by atoms with E-state index in [0.29, 0.717) is 0 Å². The van der Waals surface area contributed by atoms with E-state index in [1.807, 2.05) is 24.8 Å². The third kappa shape index (κ3) is 5.14. The average Bonchev–Trinajstić information content (AvgIpc) is 3.69. The Morgan fingerprint density at radius 3 is 0.963 bits per heavy atom. The van der Waals surface area contributed by atoms with Gasteiger partial charge in [0, 0.05) is 68.8 Å². The molecule has 0 aliphatic heterocycles. The quantitative estimate of drug-likeness (QED) is 0.180.